The number of phenols is 1. The number of benzene rings is 2. The molecule has 0 spiro atoms. The summed E-state index contributed by atoms with van der Waals surface area (Å²) in [4.78, 5) is 0. The van der Waals surface area contributed by atoms with Crippen molar-refractivity contribution in [3.63, 3.8) is 0 Å². The summed E-state index contributed by atoms with van der Waals surface area (Å²) < 4.78 is 10.5. The molecule has 0 saturated heterocycles. The molecule has 2 aromatic carbocycles. The Balaban J connectivity index is 2.15. The predicted molar refractivity (Wildman–Crippen MR) is 84.5 cm³/mol. The van der Waals surface area contributed by atoms with Gasteiger partial charge in [-0.05, 0) is 43.2 Å². The largest absolute Gasteiger partial charge is 0.504 e. The van der Waals surface area contributed by atoms with Crippen LogP contribution < -0.4 is 14.8 Å². The highest BCUT2D eigenvalue weighted by Crippen LogP contribution is 2.30. The molecule has 0 aromatic heterocycles. The van der Waals surface area contributed by atoms with Crippen molar-refractivity contribution >= 4 is 5.69 Å². The zero-order valence-electron chi connectivity index (χ0n) is 12.9. The Morgan fingerprint density at radius 2 is 1.81 bits per heavy atom. The maximum atomic E-state index is 9.79. The summed E-state index contributed by atoms with van der Waals surface area (Å²) in [6.45, 7) is 4.67. The highest BCUT2D eigenvalue weighted by atomic mass is 16.5. The molecule has 0 fully saturated rings. The van der Waals surface area contributed by atoms with Gasteiger partial charge >= 0.3 is 0 Å². The molecule has 4 nitrogen and oxygen atoms in total. The Morgan fingerprint density at radius 3 is 2.43 bits per heavy atom. The van der Waals surface area contributed by atoms with Crippen molar-refractivity contribution in [2.24, 2.45) is 0 Å². The first-order valence-corrected chi connectivity index (χ1v) is 6.80. The van der Waals surface area contributed by atoms with Gasteiger partial charge in [0.2, 0.25) is 0 Å². The van der Waals surface area contributed by atoms with Gasteiger partial charge in [0.25, 0.3) is 0 Å². The van der Waals surface area contributed by atoms with Gasteiger partial charge in [-0.15, -0.1) is 0 Å². The number of phenolic OH excluding ortho intramolecular Hbond substituents is 1. The van der Waals surface area contributed by atoms with Crippen molar-refractivity contribution < 1.29 is 14.6 Å². The molecule has 2 aromatic rings. The SMILES string of the molecule is COc1ccc(CNc2ccc(C)c(OC)c2C)cc1O. The topological polar surface area (TPSA) is 50.7 Å². The quantitative estimate of drug-likeness (QED) is 0.881. The fourth-order valence-electron chi connectivity index (χ4n) is 2.38. The Bertz CT molecular complexity index is 638. The van der Waals surface area contributed by atoms with Crippen LogP contribution in [0.25, 0.3) is 0 Å². The molecule has 21 heavy (non-hydrogen) atoms. The molecule has 0 heterocycles. The van der Waals surface area contributed by atoms with Gasteiger partial charge in [-0.2, -0.15) is 0 Å². The normalized spacial score (nSPS) is 10.3. The van der Waals surface area contributed by atoms with Crippen molar-refractivity contribution in [1.82, 2.24) is 0 Å². The molecule has 4 heteroatoms. The second kappa shape index (κ2) is 6.39. The Kier molecular flexibility index (Phi) is 4.58. The molecule has 2 rings (SSSR count). The molecule has 0 aliphatic carbocycles. The molecule has 0 radical (unpaired) electrons. The van der Waals surface area contributed by atoms with E-state index >= 15 is 0 Å². The van der Waals surface area contributed by atoms with Gasteiger partial charge in [-0.25, -0.2) is 0 Å². The van der Waals surface area contributed by atoms with Crippen LogP contribution in [-0.2, 0) is 6.54 Å². The summed E-state index contributed by atoms with van der Waals surface area (Å²) in [5.74, 6) is 1.53. The molecule has 0 aliphatic heterocycles. The van der Waals surface area contributed by atoms with Gasteiger partial charge < -0.3 is 19.9 Å². The average Bonchev–Trinajstić information content (AvgIpc) is 2.47. The van der Waals surface area contributed by atoms with Crippen LogP contribution in [0.5, 0.6) is 17.2 Å². The van der Waals surface area contributed by atoms with Crippen molar-refractivity contribution in [2.75, 3.05) is 19.5 Å². The van der Waals surface area contributed by atoms with E-state index in [1.54, 1.807) is 19.2 Å². The lowest BCUT2D eigenvalue weighted by atomic mass is 10.1. The first-order valence-electron chi connectivity index (χ1n) is 6.80. The number of anilines is 1. The van der Waals surface area contributed by atoms with E-state index in [0.717, 1.165) is 28.1 Å². The maximum Gasteiger partial charge on any atom is 0.160 e. The van der Waals surface area contributed by atoms with Crippen LogP contribution in [-0.4, -0.2) is 19.3 Å². The number of ether oxygens (including phenoxy) is 2. The Morgan fingerprint density at radius 1 is 1.05 bits per heavy atom. The van der Waals surface area contributed by atoms with Crippen molar-refractivity contribution in [2.45, 2.75) is 20.4 Å². The fourth-order valence-corrected chi connectivity index (χ4v) is 2.38. The molecule has 0 unspecified atom stereocenters. The summed E-state index contributed by atoms with van der Waals surface area (Å²) in [5.41, 5.74) is 4.19. The third kappa shape index (κ3) is 3.21. The van der Waals surface area contributed by atoms with Gasteiger partial charge in [-0.3, -0.25) is 0 Å². The zero-order chi connectivity index (χ0) is 15.4. The number of hydrogen-bond acceptors (Lipinski definition) is 4. The fraction of sp³-hybridized carbons (Fsp3) is 0.294. The van der Waals surface area contributed by atoms with Crippen molar-refractivity contribution in [1.29, 1.82) is 0 Å². The van der Waals surface area contributed by atoms with Gasteiger partial charge in [-0.1, -0.05) is 12.1 Å². The number of hydrogen-bond donors (Lipinski definition) is 2. The minimum Gasteiger partial charge on any atom is -0.504 e. The van der Waals surface area contributed by atoms with Crippen LogP contribution in [0.4, 0.5) is 5.69 Å². The molecule has 2 N–H and O–H groups in total. The van der Waals surface area contributed by atoms with E-state index in [9.17, 15) is 5.11 Å². The van der Waals surface area contributed by atoms with Crippen LogP contribution in [0.15, 0.2) is 30.3 Å². The first kappa shape index (κ1) is 15.0. The molecular weight excluding hydrogens is 266 g/mol. The smallest absolute Gasteiger partial charge is 0.160 e. The standard InChI is InChI=1S/C17H21NO3/c1-11-5-7-14(12(2)17(11)21-4)18-10-13-6-8-16(20-3)15(19)9-13/h5-9,18-19H,10H2,1-4H3. The third-order valence-electron chi connectivity index (χ3n) is 3.53. The monoisotopic (exact) mass is 287 g/mol. The second-order valence-corrected chi connectivity index (χ2v) is 4.95. The number of nitrogens with one attached hydrogen (secondary N) is 1. The summed E-state index contributed by atoms with van der Waals surface area (Å²) in [7, 11) is 3.22. The number of rotatable bonds is 5. The summed E-state index contributed by atoms with van der Waals surface area (Å²) in [6.07, 6.45) is 0. The third-order valence-corrected chi connectivity index (χ3v) is 3.53. The summed E-state index contributed by atoms with van der Waals surface area (Å²) >= 11 is 0. The van der Waals surface area contributed by atoms with E-state index in [1.165, 1.54) is 7.11 Å². The van der Waals surface area contributed by atoms with Crippen LogP contribution in [0, 0.1) is 13.8 Å². The van der Waals surface area contributed by atoms with Gasteiger partial charge in [0.15, 0.2) is 11.5 Å². The summed E-state index contributed by atoms with van der Waals surface area (Å²) in [5, 5.41) is 13.2. The van der Waals surface area contributed by atoms with Crippen LogP contribution in [0.2, 0.25) is 0 Å². The van der Waals surface area contributed by atoms with Crippen molar-refractivity contribution in [3.05, 3.63) is 47.0 Å². The van der Waals surface area contributed by atoms with E-state index in [-0.39, 0.29) is 5.75 Å². The second-order valence-electron chi connectivity index (χ2n) is 4.95. The molecule has 0 aliphatic rings. The molecule has 0 atom stereocenters. The predicted octanol–water partition coefficient (Wildman–Crippen LogP) is 3.64. The molecular formula is C17H21NO3. The minimum absolute atomic E-state index is 0.148. The van der Waals surface area contributed by atoms with Gasteiger partial charge in [0, 0.05) is 17.8 Å². The van der Waals surface area contributed by atoms with E-state index < -0.39 is 0 Å². The zero-order valence-corrected chi connectivity index (χ0v) is 12.9. The maximum absolute atomic E-state index is 9.79. The highest BCUT2D eigenvalue weighted by Gasteiger charge is 2.08. The van der Waals surface area contributed by atoms with Crippen LogP contribution in [0.1, 0.15) is 16.7 Å². The number of aryl methyl sites for hydroxylation is 1. The van der Waals surface area contributed by atoms with E-state index in [4.69, 9.17) is 9.47 Å². The van der Waals surface area contributed by atoms with E-state index in [0.29, 0.717) is 12.3 Å². The van der Waals surface area contributed by atoms with Gasteiger partial charge in [0.1, 0.15) is 5.75 Å². The van der Waals surface area contributed by atoms with Crippen LogP contribution in [0.3, 0.4) is 0 Å². The summed E-state index contributed by atoms with van der Waals surface area (Å²) in [6, 6.07) is 9.45. The molecule has 0 bridgehead atoms. The minimum atomic E-state index is 0.148. The molecule has 0 saturated carbocycles. The lowest BCUT2D eigenvalue weighted by Crippen LogP contribution is -2.03. The lowest BCUT2D eigenvalue weighted by Gasteiger charge is -2.15. The Hall–Kier alpha value is -2.36. The van der Waals surface area contributed by atoms with Crippen LogP contribution >= 0.6 is 0 Å². The van der Waals surface area contributed by atoms with E-state index in [2.05, 4.69) is 5.32 Å². The van der Waals surface area contributed by atoms with E-state index in [1.807, 2.05) is 32.0 Å². The number of aromatic hydroxyl groups is 1. The highest BCUT2D eigenvalue weighted by molar-refractivity contribution is 5.60. The van der Waals surface area contributed by atoms with Gasteiger partial charge in [0.05, 0.1) is 14.2 Å². The Labute approximate surface area is 125 Å². The molecule has 0 amide bonds. The average molecular weight is 287 g/mol. The first-order chi connectivity index (χ1) is 10.1. The lowest BCUT2D eigenvalue weighted by molar-refractivity contribution is 0.373. The van der Waals surface area contributed by atoms with Crippen molar-refractivity contribution in [3.8, 4) is 17.2 Å². The molecule has 112 valence electrons. The number of methoxy groups -OCH3 is 2.